The number of hydrogen-bond acceptors (Lipinski definition) is 8. The number of benzene rings is 1. The lowest BCUT2D eigenvalue weighted by molar-refractivity contribution is -0.139. The smallest absolute Gasteiger partial charge is 0.338 e. The molecule has 1 aromatic carbocycles. The Morgan fingerprint density at radius 2 is 1.97 bits per heavy atom. The monoisotopic (exact) mass is 482 g/mol. The summed E-state index contributed by atoms with van der Waals surface area (Å²) in [5.41, 5.74) is 2.47. The van der Waals surface area contributed by atoms with Crippen molar-refractivity contribution in [1.29, 1.82) is 0 Å². The lowest BCUT2D eigenvalue weighted by Crippen LogP contribution is -2.49. The Kier molecular flexibility index (Phi) is 7.31. The molecule has 34 heavy (non-hydrogen) atoms. The molecule has 0 saturated heterocycles. The fourth-order valence-corrected chi connectivity index (χ4v) is 4.51. The number of hydrogen-bond donors (Lipinski definition) is 1. The molecule has 0 saturated carbocycles. The van der Waals surface area contributed by atoms with Crippen LogP contribution in [0, 0.1) is 0 Å². The molecule has 178 valence electrons. The van der Waals surface area contributed by atoms with Crippen molar-refractivity contribution >= 4 is 23.8 Å². The molecule has 0 spiro atoms. The summed E-state index contributed by atoms with van der Waals surface area (Å²) in [6.45, 7) is 6.94. The Balaban J connectivity index is 1.66. The zero-order valence-electron chi connectivity index (χ0n) is 19.2. The van der Waals surface area contributed by atoms with Crippen LogP contribution in [0.15, 0.2) is 63.6 Å². The van der Waals surface area contributed by atoms with Crippen LogP contribution in [0.25, 0.3) is 11.5 Å². The molecule has 0 unspecified atom stereocenters. The van der Waals surface area contributed by atoms with Crippen molar-refractivity contribution in [2.45, 2.75) is 38.6 Å². The summed E-state index contributed by atoms with van der Waals surface area (Å²) < 4.78 is 12.9. The second-order valence-corrected chi connectivity index (χ2v) is 8.29. The van der Waals surface area contributed by atoms with Crippen molar-refractivity contribution in [3.05, 3.63) is 59.6 Å². The predicted molar refractivity (Wildman–Crippen MR) is 126 cm³/mol. The molecule has 4 rings (SSSR count). The van der Waals surface area contributed by atoms with Crippen molar-refractivity contribution in [1.82, 2.24) is 30.2 Å². The van der Waals surface area contributed by atoms with Crippen LogP contribution >= 0.6 is 11.8 Å². The zero-order chi connectivity index (χ0) is 24.1. The van der Waals surface area contributed by atoms with Gasteiger partial charge >= 0.3 is 12.0 Å². The fraction of sp³-hybridized carbons (Fsp3) is 0.348. The number of urea groups is 1. The second kappa shape index (κ2) is 10.6. The number of carbonyl (C=O) groups excluding carboxylic acids is 2. The number of nitrogens with zero attached hydrogens (tertiary/aromatic N) is 5. The van der Waals surface area contributed by atoms with E-state index in [1.54, 1.807) is 22.7 Å². The summed E-state index contributed by atoms with van der Waals surface area (Å²) >= 11 is 1.26. The molecule has 1 aliphatic rings. The van der Waals surface area contributed by atoms with E-state index >= 15 is 0 Å². The minimum atomic E-state index is -0.621. The molecule has 0 aliphatic carbocycles. The van der Waals surface area contributed by atoms with E-state index in [0.29, 0.717) is 28.9 Å². The summed E-state index contributed by atoms with van der Waals surface area (Å²) in [6.07, 6.45) is 3.50. The first-order chi connectivity index (χ1) is 16.5. The number of thioether (sulfide) groups is 1. The third kappa shape index (κ3) is 4.84. The molecule has 0 radical (unpaired) electrons. The average Bonchev–Trinajstić information content (AvgIpc) is 3.52. The average molecular weight is 483 g/mol. The van der Waals surface area contributed by atoms with Gasteiger partial charge in [0.2, 0.25) is 0 Å². The summed E-state index contributed by atoms with van der Waals surface area (Å²) in [5.74, 6) is 0.163. The minimum absolute atomic E-state index is 0.225. The quantitative estimate of drug-likeness (QED) is 0.363. The molecule has 1 N–H and O–H groups in total. The maximum absolute atomic E-state index is 13.1. The maximum Gasteiger partial charge on any atom is 0.338 e. The van der Waals surface area contributed by atoms with E-state index in [-0.39, 0.29) is 18.4 Å². The van der Waals surface area contributed by atoms with Crippen molar-refractivity contribution < 1.29 is 18.7 Å². The SMILES string of the molecule is CCOC(=O)C1=C(CSc2nnc(-c3cnn(CC)c3)o2)N(CC)C(=O)N[C@@H]1c1ccccc1. The van der Waals surface area contributed by atoms with Crippen molar-refractivity contribution in [2.75, 3.05) is 18.9 Å². The largest absolute Gasteiger partial charge is 0.463 e. The molecule has 3 heterocycles. The third-order valence-corrected chi connectivity index (χ3v) is 6.16. The summed E-state index contributed by atoms with van der Waals surface area (Å²) in [6, 6.07) is 8.46. The second-order valence-electron chi connectivity index (χ2n) is 7.36. The van der Waals surface area contributed by atoms with E-state index < -0.39 is 12.0 Å². The van der Waals surface area contributed by atoms with E-state index in [1.807, 2.05) is 50.4 Å². The van der Waals surface area contributed by atoms with Crippen LogP contribution in [0.1, 0.15) is 32.4 Å². The summed E-state index contributed by atoms with van der Waals surface area (Å²) in [4.78, 5) is 27.5. The van der Waals surface area contributed by atoms with Crippen LogP contribution in [-0.2, 0) is 16.1 Å². The number of esters is 1. The maximum atomic E-state index is 13.1. The Morgan fingerprint density at radius 3 is 2.65 bits per heavy atom. The van der Waals surface area contributed by atoms with E-state index in [1.165, 1.54) is 11.8 Å². The first kappa shape index (κ1) is 23.6. The first-order valence-corrected chi connectivity index (χ1v) is 12.1. The highest BCUT2D eigenvalue weighted by molar-refractivity contribution is 7.99. The minimum Gasteiger partial charge on any atom is -0.463 e. The summed E-state index contributed by atoms with van der Waals surface area (Å²) in [5, 5.41) is 15.7. The van der Waals surface area contributed by atoms with Gasteiger partial charge in [0.25, 0.3) is 11.1 Å². The number of rotatable bonds is 9. The van der Waals surface area contributed by atoms with Gasteiger partial charge in [0.1, 0.15) is 0 Å². The third-order valence-electron chi connectivity index (χ3n) is 5.33. The molecule has 0 fully saturated rings. The highest BCUT2D eigenvalue weighted by atomic mass is 32.2. The normalized spacial score (nSPS) is 16.0. The Morgan fingerprint density at radius 1 is 1.18 bits per heavy atom. The molecule has 11 heteroatoms. The standard InChI is InChI=1S/C23H26N6O4S/c1-4-28-13-16(12-24-28)20-26-27-23(33-20)34-14-17-18(21(30)32-6-3)19(15-10-8-7-9-11-15)25-22(31)29(17)5-2/h7-13,19H,4-6,14H2,1-3H3,(H,25,31)/t19-/m1/s1. The predicted octanol–water partition coefficient (Wildman–Crippen LogP) is 3.65. The van der Waals surface area contributed by atoms with E-state index in [4.69, 9.17) is 9.15 Å². The lowest BCUT2D eigenvalue weighted by atomic mass is 9.95. The van der Waals surface area contributed by atoms with Crippen LogP contribution in [0.5, 0.6) is 0 Å². The van der Waals surface area contributed by atoms with Crippen molar-refractivity contribution in [3.63, 3.8) is 0 Å². The van der Waals surface area contributed by atoms with Crippen LogP contribution in [-0.4, -0.2) is 55.8 Å². The van der Waals surface area contributed by atoms with Gasteiger partial charge in [-0.1, -0.05) is 42.1 Å². The molecule has 2 aromatic heterocycles. The number of amides is 2. The topological polar surface area (TPSA) is 115 Å². The van der Waals surface area contributed by atoms with Gasteiger partial charge < -0.3 is 14.5 Å². The van der Waals surface area contributed by atoms with Gasteiger partial charge in [-0.15, -0.1) is 10.2 Å². The molecule has 10 nitrogen and oxygen atoms in total. The Hall–Kier alpha value is -3.60. The molecule has 1 aliphatic heterocycles. The number of nitrogens with one attached hydrogen (secondary N) is 1. The van der Waals surface area contributed by atoms with Gasteiger partial charge in [0.15, 0.2) is 0 Å². The van der Waals surface area contributed by atoms with Gasteiger partial charge in [0.05, 0.1) is 30.0 Å². The van der Waals surface area contributed by atoms with Gasteiger partial charge in [-0.2, -0.15) is 5.10 Å². The Bertz CT molecular complexity index is 1190. The molecular weight excluding hydrogens is 456 g/mol. The summed E-state index contributed by atoms with van der Waals surface area (Å²) in [7, 11) is 0. The molecular formula is C23H26N6O4S. The molecule has 0 bridgehead atoms. The molecule has 2 amide bonds. The van der Waals surface area contributed by atoms with E-state index in [0.717, 1.165) is 17.7 Å². The van der Waals surface area contributed by atoms with Crippen molar-refractivity contribution in [2.24, 2.45) is 0 Å². The lowest BCUT2D eigenvalue weighted by Gasteiger charge is -2.36. The van der Waals surface area contributed by atoms with Crippen LogP contribution in [0.2, 0.25) is 0 Å². The molecule has 1 atom stereocenters. The number of aryl methyl sites for hydroxylation is 1. The van der Waals surface area contributed by atoms with E-state index in [9.17, 15) is 9.59 Å². The zero-order valence-corrected chi connectivity index (χ0v) is 20.0. The first-order valence-electron chi connectivity index (χ1n) is 11.1. The highest BCUT2D eigenvalue weighted by Gasteiger charge is 2.37. The van der Waals surface area contributed by atoms with Crippen LogP contribution < -0.4 is 5.32 Å². The van der Waals surface area contributed by atoms with Crippen LogP contribution in [0.3, 0.4) is 0 Å². The Labute approximate surface area is 201 Å². The van der Waals surface area contributed by atoms with Gasteiger partial charge in [-0.05, 0) is 26.3 Å². The van der Waals surface area contributed by atoms with E-state index in [2.05, 4.69) is 20.6 Å². The van der Waals surface area contributed by atoms with Gasteiger partial charge in [-0.25, -0.2) is 9.59 Å². The van der Waals surface area contributed by atoms with Gasteiger partial charge in [0, 0.05) is 30.7 Å². The van der Waals surface area contributed by atoms with Gasteiger partial charge in [-0.3, -0.25) is 9.58 Å². The fourth-order valence-electron chi connectivity index (χ4n) is 3.70. The highest BCUT2D eigenvalue weighted by Crippen LogP contribution is 2.34. The van der Waals surface area contributed by atoms with Crippen LogP contribution in [0.4, 0.5) is 4.79 Å². The number of aromatic nitrogens is 4. The van der Waals surface area contributed by atoms with Crippen molar-refractivity contribution in [3.8, 4) is 11.5 Å². The number of carbonyl (C=O) groups is 2. The molecule has 3 aromatic rings. The number of ether oxygens (including phenoxy) is 1.